The largest absolute Gasteiger partial charge is 0.351 e. The zero-order valence-electron chi connectivity index (χ0n) is 7.96. The highest BCUT2D eigenvalue weighted by Gasteiger charge is 2.06. The van der Waals surface area contributed by atoms with Crippen LogP contribution in [0.25, 0.3) is 0 Å². The Morgan fingerprint density at radius 2 is 2.36 bits per heavy atom. The lowest BCUT2D eigenvalue weighted by molar-refractivity contribution is 0.0948. The van der Waals surface area contributed by atoms with Crippen molar-refractivity contribution in [2.24, 2.45) is 0 Å². The zero-order valence-corrected chi connectivity index (χ0v) is 8.71. The number of rotatable bonds is 4. The molecule has 0 aliphatic rings. The van der Waals surface area contributed by atoms with Crippen molar-refractivity contribution in [3.63, 3.8) is 0 Å². The van der Waals surface area contributed by atoms with Crippen LogP contribution < -0.4 is 5.32 Å². The molecule has 0 saturated heterocycles. The Kier molecular flexibility index (Phi) is 4.32. The number of aromatic nitrogens is 2. The molecule has 0 unspecified atom stereocenters. The normalized spacial score (nSPS) is 9.86. The minimum absolute atomic E-state index is 0.228. The number of amides is 1. The van der Waals surface area contributed by atoms with E-state index in [9.17, 15) is 4.79 Å². The summed E-state index contributed by atoms with van der Waals surface area (Å²) in [4.78, 5) is 19.0. The standard InChI is InChI=1S/C9H12ClN3O/c1-2-3-4-12-9(14)7-5-11-6-8(10)13-7/h5-6H,2-4H2,1H3,(H,12,14). The maximum atomic E-state index is 11.4. The van der Waals surface area contributed by atoms with Crippen LogP contribution in [0.15, 0.2) is 12.4 Å². The summed E-state index contributed by atoms with van der Waals surface area (Å²) in [7, 11) is 0. The molecule has 0 aliphatic carbocycles. The number of hydrogen-bond acceptors (Lipinski definition) is 3. The smallest absolute Gasteiger partial charge is 0.271 e. The molecule has 1 aromatic rings. The topological polar surface area (TPSA) is 54.9 Å². The first kappa shape index (κ1) is 10.9. The van der Waals surface area contributed by atoms with Gasteiger partial charge in [-0.1, -0.05) is 24.9 Å². The fraction of sp³-hybridized carbons (Fsp3) is 0.444. The van der Waals surface area contributed by atoms with Gasteiger partial charge in [-0.05, 0) is 6.42 Å². The number of hydrogen-bond donors (Lipinski definition) is 1. The van der Waals surface area contributed by atoms with E-state index < -0.39 is 0 Å². The maximum Gasteiger partial charge on any atom is 0.271 e. The van der Waals surface area contributed by atoms with Crippen LogP contribution in [-0.4, -0.2) is 22.4 Å². The molecular formula is C9H12ClN3O. The Morgan fingerprint density at radius 1 is 1.57 bits per heavy atom. The van der Waals surface area contributed by atoms with Gasteiger partial charge in [0, 0.05) is 6.54 Å². The van der Waals surface area contributed by atoms with E-state index in [1.54, 1.807) is 0 Å². The highest BCUT2D eigenvalue weighted by Crippen LogP contribution is 2.02. The lowest BCUT2D eigenvalue weighted by atomic mass is 10.3. The molecular weight excluding hydrogens is 202 g/mol. The van der Waals surface area contributed by atoms with Gasteiger partial charge in [0.05, 0.1) is 12.4 Å². The second kappa shape index (κ2) is 5.54. The highest BCUT2D eigenvalue weighted by molar-refractivity contribution is 6.29. The summed E-state index contributed by atoms with van der Waals surface area (Å²) in [5.41, 5.74) is 0.258. The van der Waals surface area contributed by atoms with Gasteiger partial charge in [-0.2, -0.15) is 0 Å². The summed E-state index contributed by atoms with van der Waals surface area (Å²) in [5, 5.41) is 2.96. The molecule has 1 amide bonds. The predicted octanol–water partition coefficient (Wildman–Crippen LogP) is 1.66. The highest BCUT2D eigenvalue weighted by atomic mass is 35.5. The molecule has 0 radical (unpaired) electrons. The van der Waals surface area contributed by atoms with Crippen LogP contribution in [0, 0.1) is 0 Å². The van der Waals surface area contributed by atoms with Crippen LogP contribution in [0.5, 0.6) is 0 Å². The van der Waals surface area contributed by atoms with Gasteiger partial charge in [-0.15, -0.1) is 0 Å². The minimum atomic E-state index is -0.228. The second-order valence-corrected chi connectivity index (χ2v) is 3.22. The first-order chi connectivity index (χ1) is 6.74. The fourth-order valence-electron chi connectivity index (χ4n) is 0.921. The fourth-order valence-corrected chi connectivity index (χ4v) is 1.07. The maximum absolute atomic E-state index is 11.4. The number of unbranched alkanes of at least 4 members (excludes halogenated alkanes) is 1. The van der Waals surface area contributed by atoms with Crippen molar-refractivity contribution in [1.82, 2.24) is 15.3 Å². The summed E-state index contributed by atoms with van der Waals surface area (Å²) >= 11 is 5.60. The van der Waals surface area contributed by atoms with Crippen LogP contribution in [0.3, 0.4) is 0 Å². The molecule has 1 N–H and O–H groups in total. The quantitative estimate of drug-likeness (QED) is 0.774. The van der Waals surface area contributed by atoms with Gasteiger partial charge >= 0.3 is 0 Å². The number of nitrogens with zero attached hydrogens (tertiary/aromatic N) is 2. The lowest BCUT2D eigenvalue weighted by Gasteiger charge is -2.02. The van der Waals surface area contributed by atoms with Crippen molar-refractivity contribution in [3.05, 3.63) is 23.2 Å². The molecule has 0 spiro atoms. The van der Waals surface area contributed by atoms with Crippen LogP contribution in [0.2, 0.25) is 5.15 Å². The Morgan fingerprint density at radius 3 is 3.00 bits per heavy atom. The van der Waals surface area contributed by atoms with Crippen molar-refractivity contribution in [2.75, 3.05) is 6.54 Å². The molecule has 0 bridgehead atoms. The predicted molar refractivity (Wildman–Crippen MR) is 54.3 cm³/mol. The molecule has 0 saturated carbocycles. The molecule has 0 atom stereocenters. The van der Waals surface area contributed by atoms with Crippen molar-refractivity contribution in [1.29, 1.82) is 0 Å². The van der Waals surface area contributed by atoms with E-state index in [4.69, 9.17) is 11.6 Å². The van der Waals surface area contributed by atoms with E-state index in [-0.39, 0.29) is 16.8 Å². The molecule has 0 fully saturated rings. The van der Waals surface area contributed by atoms with Crippen LogP contribution in [0.1, 0.15) is 30.3 Å². The van der Waals surface area contributed by atoms with Crippen LogP contribution in [0.4, 0.5) is 0 Å². The van der Waals surface area contributed by atoms with Crippen molar-refractivity contribution in [2.45, 2.75) is 19.8 Å². The third kappa shape index (κ3) is 3.30. The van der Waals surface area contributed by atoms with E-state index in [2.05, 4.69) is 22.2 Å². The van der Waals surface area contributed by atoms with E-state index in [0.29, 0.717) is 6.54 Å². The van der Waals surface area contributed by atoms with E-state index in [1.165, 1.54) is 12.4 Å². The van der Waals surface area contributed by atoms with Gasteiger partial charge in [0.2, 0.25) is 0 Å². The van der Waals surface area contributed by atoms with Crippen molar-refractivity contribution >= 4 is 17.5 Å². The molecule has 5 heteroatoms. The average Bonchev–Trinajstić information content (AvgIpc) is 2.18. The van der Waals surface area contributed by atoms with E-state index in [0.717, 1.165) is 12.8 Å². The molecule has 1 aromatic heterocycles. The number of carbonyl (C=O) groups excluding carboxylic acids is 1. The summed E-state index contributed by atoms with van der Waals surface area (Å²) in [5.74, 6) is -0.228. The van der Waals surface area contributed by atoms with Crippen LogP contribution >= 0.6 is 11.6 Å². The molecule has 14 heavy (non-hydrogen) atoms. The van der Waals surface area contributed by atoms with Crippen molar-refractivity contribution in [3.8, 4) is 0 Å². The first-order valence-corrected chi connectivity index (χ1v) is 4.87. The first-order valence-electron chi connectivity index (χ1n) is 4.49. The molecule has 1 rings (SSSR count). The number of halogens is 1. The van der Waals surface area contributed by atoms with Gasteiger partial charge in [-0.25, -0.2) is 4.98 Å². The SMILES string of the molecule is CCCCNC(=O)c1cncc(Cl)n1. The molecule has 1 heterocycles. The van der Waals surface area contributed by atoms with Gasteiger partial charge < -0.3 is 5.32 Å². The summed E-state index contributed by atoms with van der Waals surface area (Å²) in [6.45, 7) is 2.72. The molecule has 76 valence electrons. The lowest BCUT2D eigenvalue weighted by Crippen LogP contribution is -2.25. The summed E-state index contributed by atoms with van der Waals surface area (Å²) in [6, 6.07) is 0. The zero-order chi connectivity index (χ0) is 10.4. The van der Waals surface area contributed by atoms with Crippen LogP contribution in [-0.2, 0) is 0 Å². The summed E-state index contributed by atoms with van der Waals surface area (Å²) < 4.78 is 0. The van der Waals surface area contributed by atoms with Gasteiger partial charge in [0.1, 0.15) is 10.8 Å². The van der Waals surface area contributed by atoms with Gasteiger partial charge in [0.25, 0.3) is 5.91 Å². The monoisotopic (exact) mass is 213 g/mol. The average molecular weight is 214 g/mol. The number of carbonyl (C=O) groups is 1. The Bertz CT molecular complexity index is 317. The minimum Gasteiger partial charge on any atom is -0.351 e. The summed E-state index contributed by atoms with van der Waals surface area (Å²) in [6.07, 6.45) is 4.79. The number of nitrogens with one attached hydrogen (secondary N) is 1. The van der Waals surface area contributed by atoms with E-state index >= 15 is 0 Å². The second-order valence-electron chi connectivity index (χ2n) is 2.84. The molecule has 4 nitrogen and oxygen atoms in total. The Hall–Kier alpha value is -1.16. The third-order valence-electron chi connectivity index (χ3n) is 1.65. The van der Waals surface area contributed by atoms with E-state index in [1.807, 2.05) is 0 Å². The molecule has 0 aromatic carbocycles. The Balaban J connectivity index is 2.52. The third-order valence-corrected chi connectivity index (χ3v) is 1.84. The van der Waals surface area contributed by atoms with Gasteiger partial charge in [-0.3, -0.25) is 9.78 Å². The van der Waals surface area contributed by atoms with Gasteiger partial charge in [0.15, 0.2) is 0 Å². The Labute approximate surface area is 87.7 Å². The molecule has 0 aliphatic heterocycles. The van der Waals surface area contributed by atoms with Crippen molar-refractivity contribution < 1.29 is 4.79 Å².